The Morgan fingerprint density at radius 3 is 2.69 bits per heavy atom. The van der Waals surface area contributed by atoms with Gasteiger partial charge in [0.2, 0.25) is 5.91 Å². The average Bonchev–Trinajstić information content (AvgIpc) is 2.93. The highest BCUT2D eigenvalue weighted by molar-refractivity contribution is 6.01. The lowest BCUT2D eigenvalue weighted by atomic mass is 10.1. The van der Waals surface area contributed by atoms with Gasteiger partial charge in [-0.25, -0.2) is 0 Å². The topological polar surface area (TPSA) is 84.6 Å². The molecule has 1 aromatic heterocycles. The highest BCUT2D eigenvalue weighted by atomic mass is 16.5. The molecule has 2 N–H and O–H groups in total. The third-order valence-corrected chi connectivity index (χ3v) is 5.19. The second-order valence-corrected chi connectivity index (χ2v) is 7.39. The lowest BCUT2D eigenvalue weighted by Crippen LogP contribution is -2.34. The van der Waals surface area contributed by atoms with Crippen molar-refractivity contribution < 1.29 is 9.53 Å². The van der Waals surface area contributed by atoms with Gasteiger partial charge in [-0.2, -0.15) is 9.97 Å². The van der Waals surface area contributed by atoms with Crippen molar-refractivity contribution in [3.63, 3.8) is 0 Å². The van der Waals surface area contributed by atoms with Crippen LogP contribution in [-0.4, -0.2) is 53.1 Å². The van der Waals surface area contributed by atoms with Crippen LogP contribution in [0.4, 0.5) is 11.6 Å². The summed E-state index contributed by atoms with van der Waals surface area (Å²) in [6, 6.07) is 0.276. The van der Waals surface area contributed by atoms with Crippen molar-refractivity contribution >= 4 is 17.5 Å². The second-order valence-electron chi connectivity index (χ2n) is 7.39. The molecule has 1 aromatic rings. The van der Waals surface area contributed by atoms with Gasteiger partial charge in [-0.1, -0.05) is 19.8 Å². The number of nitrogens with zero attached hydrogens (tertiary/aromatic N) is 4. The van der Waals surface area contributed by atoms with Gasteiger partial charge in [0.1, 0.15) is 11.6 Å². The van der Waals surface area contributed by atoms with Crippen LogP contribution in [0.5, 0.6) is 6.01 Å². The summed E-state index contributed by atoms with van der Waals surface area (Å²) >= 11 is 0. The monoisotopic (exact) mass is 361 g/mol. The number of carbonyl (C=O) groups is 1. The van der Waals surface area contributed by atoms with Crippen molar-refractivity contribution in [2.24, 2.45) is 0 Å². The molecule has 1 atom stereocenters. The Hall–Kier alpha value is -1.89. The summed E-state index contributed by atoms with van der Waals surface area (Å²) in [4.78, 5) is 25.5. The fourth-order valence-electron chi connectivity index (χ4n) is 3.79. The van der Waals surface area contributed by atoms with Crippen molar-refractivity contribution in [2.75, 3.05) is 36.8 Å². The number of carbonyl (C=O) groups excluding carboxylic acids is 1. The van der Waals surface area contributed by atoms with E-state index in [1.54, 1.807) is 4.90 Å². The predicted octanol–water partition coefficient (Wildman–Crippen LogP) is 2.39. The molecule has 0 bridgehead atoms. The number of nitrogens with two attached hydrogens (primary N) is 1. The average molecular weight is 361 g/mol. The van der Waals surface area contributed by atoms with Gasteiger partial charge in [0, 0.05) is 12.1 Å². The van der Waals surface area contributed by atoms with Crippen LogP contribution < -0.4 is 15.4 Å². The number of amides is 1. The number of rotatable bonds is 8. The van der Waals surface area contributed by atoms with Crippen LogP contribution in [0.1, 0.15) is 57.9 Å². The molecule has 2 aliphatic rings. The first-order chi connectivity index (χ1) is 12.6. The van der Waals surface area contributed by atoms with Gasteiger partial charge in [0.05, 0.1) is 12.5 Å². The van der Waals surface area contributed by atoms with E-state index in [1.807, 2.05) is 6.92 Å². The maximum Gasteiger partial charge on any atom is 0.320 e. The third-order valence-electron chi connectivity index (χ3n) is 5.19. The summed E-state index contributed by atoms with van der Waals surface area (Å²) in [6.07, 6.45) is 7.12. The first kappa shape index (κ1) is 18.9. The van der Waals surface area contributed by atoms with Gasteiger partial charge in [-0.3, -0.25) is 9.69 Å². The predicted molar refractivity (Wildman–Crippen MR) is 102 cm³/mol. The summed E-state index contributed by atoms with van der Waals surface area (Å²) < 4.78 is 5.80. The van der Waals surface area contributed by atoms with Gasteiger partial charge in [-0.15, -0.1) is 0 Å². The summed E-state index contributed by atoms with van der Waals surface area (Å²) in [5.74, 6) is 1.05. The van der Waals surface area contributed by atoms with Crippen molar-refractivity contribution in [1.82, 2.24) is 14.9 Å². The van der Waals surface area contributed by atoms with Crippen molar-refractivity contribution in [3.8, 4) is 6.01 Å². The van der Waals surface area contributed by atoms with Gasteiger partial charge in [-0.05, 0) is 52.2 Å². The minimum Gasteiger partial charge on any atom is -0.460 e. The highest BCUT2D eigenvalue weighted by Crippen LogP contribution is 2.32. The molecule has 144 valence electrons. The molecule has 1 saturated heterocycles. The molecule has 0 saturated carbocycles. The lowest BCUT2D eigenvalue weighted by Gasteiger charge is -2.27. The third kappa shape index (κ3) is 4.44. The van der Waals surface area contributed by atoms with Crippen LogP contribution >= 0.6 is 0 Å². The molecule has 1 fully saturated rings. The Morgan fingerprint density at radius 2 is 1.96 bits per heavy atom. The van der Waals surface area contributed by atoms with Crippen LogP contribution in [0.25, 0.3) is 0 Å². The summed E-state index contributed by atoms with van der Waals surface area (Å²) in [5, 5.41) is 0. The summed E-state index contributed by atoms with van der Waals surface area (Å²) in [6.45, 7) is 8.15. The van der Waals surface area contributed by atoms with Crippen molar-refractivity contribution in [3.05, 3.63) is 5.56 Å². The zero-order valence-electron chi connectivity index (χ0n) is 16.0. The standard InChI is InChI=1S/C19H31N5O2/c1-3-8-14(2)26-19-21-17(20)15-13-16(25)24(18(15)22-19)12-7-11-23-9-5-4-6-10-23/h14H,3-13H2,1-2H3,(H2,20,21,22)/t14-/m0/s1. The summed E-state index contributed by atoms with van der Waals surface area (Å²) in [7, 11) is 0. The SMILES string of the molecule is CCC[C@H](C)Oc1nc(N)c2c(n1)N(CCCN1CCCCC1)C(=O)C2. The van der Waals surface area contributed by atoms with Crippen LogP contribution in [0.3, 0.4) is 0 Å². The van der Waals surface area contributed by atoms with Crippen molar-refractivity contribution in [1.29, 1.82) is 0 Å². The molecule has 3 rings (SSSR count). The maximum absolute atomic E-state index is 12.4. The number of aromatic nitrogens is 2. The zero-order chi connectivity index (χ0) is 18.5. The molecule has 3 heterocycles. The van der Waals surface area contributed by atoms with Gasteiger partial charge in [0.15, 0.2) is 0 Å². The molecule has 7 nitrogen and oxygen atoms in total. The zero-order valence-corrected chi connectivity index (χ0v) is 16.0. The molecule has 0 radical (unpaired) electrons. The molecular weight excluding hydrogens is 330 g/mol. The fraction of sp³-hybridized carbons (Fsp3) is 0.737. The minimum atomic E-state index is 0.0297. The quantitative estimate of drug-likeness (QED) is 0.765. The normalized spacial score (nSPS) is 18.8. The van der Waals surface area contributed by atoms with Gasteiger partial charge < -0.3 is 15.4 Å². The van der Waals surface area contributed by atoms with Crippen molar-refractivity contribution in [2.45, 2.75) is 64.9 Å². The number of ether oxygens (including phenoxy) is 1. The number of anilines is 2. The molecule has 26 heavy (non-hydrogen) atoms. The number of piperidine rings is 1. The molecule has 0 aliphatic carbocycles. The van der Waals surface area contributed by atoms with E-state index < -0.39 is 0 Å². The van der Waals surface area contributed by atoms with E-state index in [0.717, 1.165) is 31.4 Å². The Labute approximate surface area is 155 Å². The number of hydrogen-bond acceptors (Lipinski definition) is 6. The number of fused-ring (bicyclic) bond motifs is 1. The largest absolute Gasteiger partial charge is 0.460 e. The minimum absolute atomic E-state index is 0.0297. The van der Waals surface area contributed by atoms with E-state index in [1.165, 1.54) is 32.4 Å². The molecule has 1 amide bonds. The highest BCUT2D eigenvalue weighted by Gasteiger charge is 2.32. The molecule has 0 spiro atoms. The first-order valence-electron chi connectivity index (χ1n) is 9.94. The number of nitrogen functional groups attached to an aromatic ring is 1. The van der Waals surface area contributed by atoms with E-state index in [9.17, 15) is 4.79 Å². The first-order valence-corrected chi connectivity index (χ1v) is 9.94. The molecule has 0 aromatic carbocycles. The van der Waals surface area contributed by atoms with E-state index in [-0.39, 0.29) is 24.4 Å². The molecule has 0 unspecified atom stereocenters. The summed E-state index contributed by atoms with van der Waals surface area (Å²) in [5.41, 5.74) is 6.81. The van der Waals surface area contributed by atoms with Crippen LogP contribution in [0.2, 0.25) is 0 Å². The Morgan fingerprint density at radius 1 is 1.19 bits per heavy atom. The molecular formula is C19H31N5O2. The van der Waals surface area contributed by atoms with Crippen LogP contribution in [0, 0.1) is 0 Å². The van der Waals surface area contributed by atoms with Gasteiger partial charge in [0.25, 0.3) is 0 Å². The molecule has 2 aliphatic heterocycles. The van der Waals surface area contributed by atoms with Crippen LogP contribution in [-0.2, 0) is 11.2 Å². The Bertz CT molecular complexity index is 631. The van der Waals surface area contributed by atoms with E-state index in [4.69, 9.17) is 10.5 Å². The second kappa shape index (κ2) is 8.66. The smallest absolute Gasteiger partial charge is 0.320 e. The Kier molecular flexibility index (Phi) is 6.29. The fourth-order valence-corrected chi connectivity index (χ4v) is 3.79. The number of likely N-dealkylation sites (tertiary alicyclic amines) is 1. The number of hydrogen-bond donors (Lipinski definition) is 1. The van der Waals surface area contributed by atoms with E-state index in [0.29, 0.717) is 18.2 Å². The Balaban J connectivity index is 1.65. The van der Waals surface area contributed by atoms with Gasteiger partial charge >= 0.3 is 6.01 Å². The lowest BCUT2D eigenvalue weighted by molar-refractivity contribution is -0.117. The molecule has 7 heteroatoms. The van der Waals surface area contributed by atoms with E-state index in [2.05, 4.69) is 21.8 Å². The maximum atomic E-state index is 12.4. The van der Waals surface area contributed by atoms with Crippen LogP contribution in [0.15, 0.2) is 0 Å². The van der Waals surface area contributed by atoms with E-state index >= 15 is 0 Å².